The van der Waals surface area contributed by atoms with Gasteiger partial charge in [-0.2, -0.15) is 0 Å². The second-order valence-electron chi connectivity index (χ2n) is 6.86. The first kappa shape index (κ1) is 25.5. The predicted molar refractivity (Wildman–Crippen MR) is 106 cm³/mol. The third-order valence-electron chi connectivity index (χ3n) is 4.59. The van der Waals surface area contributed by atoms with E-state index in [4.69, 9.17) is 5.73 Å². The van der Waals surface area contributed by atoms with Gasteiger partial charge in [0.25, 0.3) is 0 Å². The summed E-state index contributed by atoms with van der Waals surface area (Å²) in [5.74, 6) is -7.52. The first-order chi connectivity index (χ1) is 14.5. The van der Waals surface area contributed by atoms with Crippen molar-refractivity contribution < 1.29 is 37.8 Å². The highest BCUT2D eigenvalue weighted by atomic mass is 19.1. The van der Waals surface area contributed by atoms with E-state index in [-0.39, 0.29) is 6.42 Å². The van der Waals surface area contributed by atoms with Crippen molar-refractivity contribution in [2.24, 2.45) is 17.6 Å². The Morgan fingerprint density at radius 3 is 2.10 bits per heavy atom. The molecule has 0 saturated heterocycles. The lowest BCUT2D eigenvalue weighted by molar-refractivity contribution is -0.162. The summed E-state index contributed by atoms with van der Waals surface area (Å²) in [6.45, 7) is 2.53. The minimum Gasteiger partial charge on any atom is -0.468 e. The van der Waals surface area contributed by atoms with Crippen molar-refractivity contribution in [3.05, 3.63) is 35.6 Å². The van der Waals surface area contributed by atoms with E-state index in [1.54, 1.807) is 6.07 Å². The van der Waals surface area contributed by atoms with Crippen LogP contribution in [-0.4, -0.2) is 56.0 Å². The highest BCUT2D eigenvalue weighted by molar-refractivity contribution is 5.97. The van der Waals surface area contributed by atoms with Crippen LogP contribution >= 0.6 is 0 Å². The molecule has 31 heavy (non-hydrogen) atoms. The SMILES string of the molecule is COC(=O)C(C(=O)OC)[C@@H](C)[C@@H](NC(=O)[C@H](Cc1cccc(F)c1)NC(C)=O)C(N)=O. The van der Waals surface area contributed by atoms with Crippen molar-refractivity contribution in [2.45, 2.75) is 32.4 Å². The zero-order valence-corrected chi connectivity index (χ0v) is 17.6. The van der Waals surface area contributed by atoms with Crippen LogP contribution in [0.4, 0.5) is 4.39 Å². The van der Waals surface area contributed by atoms with Crippen molar-refractivity contribution in [3.8, 4) is 0 Å². The number of nitrogens with one attached hydrogen (secondary N) is 2. The number of methoxy groups -OCH3 is 2. The molecule has 0 aliphatic heterocycles. The number of carbonyl (C=O) groups is 5. The Morgan fingerprint density at radius 1 is 1.06 bits per heavy atom. The standard InChI is InChI=1S/C20H26FN3O7/c1-10(15(19(28)30-3)20(29)31-4)16(17(22)26)24-18(27)14(23-11(2)25)9-12-6-5-7-13(21)8-12/h5-8,10,14-16H,9H2,1-4H3,(H2,22,26)(H,23,25)(H,24,27)/t10-,14+,16-/m1/s1. The first-order valence-electron chi connectivity index (χ1n) is 9.28. The lowest BCUT2D eigenvalue weighted by Gasteiger charge is -2.28. The Bertz CT molecular complexity index is 830. The molecule has 3 amide bonds. The van der Waals surface area contributed by atoms with Crippen LogP contribution in [0.3, 0.4) is 0 Å². The molecule has 10 nitrogen and oxygen atoms in total. The van der Waals surface area contributed by atoms with E-state index in [0.717, 1.165) is 14.2 Å². The molecule has 0 heterocycles. The van der Waals surface area contributed by atoms with E-state index in [1.165, 1.54) is 32.0 Å². The number of halogens is 1. The molecule has 0 aromatic heterocycles. The van der Waals surface area contributed by atoms with Crippen LogP contribution in [0, 0.1) is 17.7 Å². The molecule has 0 aliphatic rings. The Kier molecular flexibility index (Phi) is 9.58. The minimum absolute atomic E-state index is 0.0829. The number of amides is 3. The summed E-state index contributed by atoms with van der Waals surface area (Å²) >= 11 is 0. The molecular weight excluding hydrogens is 413 g/mol. The third kappa shape index (κ3) is 7.36. The summed E-state index contributed by atoms with van der Waals surface area (Å²) in [7, 11) is 2.10. The van der Waals surface area contributed by atoms with Crippen LogP contribution in [0.2, 0.25) is 0 Å². The topological polar surface area (TPSA) is 154 Å². The maximum atomic E-state index is 13.5. The zero-order chi connectivity index (χ0) is 23.7. The van der Waals surface area contributed by atoms with Gasteiger partial charge in [-0.15, -0.1) is 0 Å². The van der Waals surface area contributed by atoms with Gasteiger partial charge < -0.3 is 25.8 Å². The van der Waals surface area contributed by atoms with Crippen LogP contribution in [0.5, 0.6) is 0 Å². The number of hydrogen-bond donors (Lipinski definition) is 3. The predicted octanol–water partition coefficient (Wildman–Crippen LogP) is -0.559. The number of nitrogens with two attached hydrogens (primary N) is 1. The highest BCUT2D eigenvalue weighted by Crippen LogP contribution is 2.20. The van der Waals surface area contributed by atoms with Crippen molar-refractivity contribution in [1.29, 1.82) is 0 Å². The monoisotopic (exact) mass is 439 g/mol. The van der Waals surface area contributed by atoms with Crippen molar-refractivity contribution >= 4 is 29.7 Å². The number of primary amides is 1. The van der Waals surface area contributed by atoms with Gasteiger partial charge in [-0.05, 0) is 17.7 Å². The number of benzene rings is 1. The molecule has 0 bridgehead atoms. The number of ether oxygens (including phenoxy) is 2. The fourth-order valence-electron chi connectivity index (χ4n) is 3.04. The maximum absolute atomic E-state index is 13.5. The minimum atomic E-state index is -1.53. The average molecular weight is 439 g/mol. The van der Waals surface area contributed by atoms with Crippen molar-refractivity contribution in [1.82, 2.24) is 10.6 Å². The summed E-state index contributed by atoms with van der Waals surface area (Å²) < 4.78 is 22.6. The maximum Gasteiger partial charge on any atom is 0.320 e. The van der Waals surface area contributed by atoms with Gasteiger partial charge in [0.2, 0.25) is 17.7 Å². The third-order valence-corrected chi connectivity index (χ3v) is 4.59. The van der Waals surface area contributed by atoms with Crippen LogP contribution in [0.15, 0.2) is 24.3 Å². The van der Waals surface area contributed by atoms with Gasteiger partial charge in [0.05, 0.1) is 14.2 Å². The van der Waals surface area contributed by atoms with E-state index in [1.807, 2.05) is 0 Å². The fourth-order valence-corrected chi connectivity index (χ4v) is 3.04. The Hall–Kier alpha value is -3.50. The quantitative estimate of drug-likeness (QED) is 0.326. The van der Waals surface area contributed by atoms with Gasteiger partial charge in [-0.1, -0.05) is 19.1 Å². The molecule has 0 unspecified atom stereocenters. The molecular formula is C20H26FN3O7. The number of esters is 2. The summed E-state index contributed by atoms with van der Waals surface area (Å²) in [4.78, 5) is 60.5. The molecule has 4 N–H and O–H groups in total. The van der Waals surface area contributed by atoms with Gasteiger partial charge in [-0.25, -0.2) is 4.39 Å². The molecule has 0 fully saturated rings. The average Bonchev–Trinajstić information content (AvgIpc) is 2.70. The Morgan fingerprint density at radius 2 is 1.65 bits per heavy atom. The number of rotatable bonds is 10. The first-order valence-corrected chi connectivity index (χ1v) is 9.28. The van der Waals surface area contributed by atoms with Gasteiger partial charge in [0.15, 0.2) is 5.92 Å². The summed E-state index contributed by atoms with van der Waals surface area (Å²) in [6.07, 6.45) is -0.0829. The Labute approximate surface area is 178 Å². The molecule has 0 aliphatic carbocycles. The molecule has 0 spiro atoms. The van der Waals surface area contributed by atoms with Crippen LogP contribution in [0.25, 0.3) is 0 Å². The normalized spacial score (nSPS) is 13.5. The lowest BCUT2D eigenvalue weighted by atomic mass is 9.86. The second-order valence-corrected chi connectivity index (χ2v) is 6.86. The fraction of sp³-hybridized carbons (Fsp3) is 0.450. The van der Waals surface area contributed by atoms with Crippen molar-refractivity contribution in [3.63, 3.8) is 0 Å². The molecule has 11 heteroatoms. The molecule has 0 saturated carbocycles. The van der Waals surface area contributed by atoms with Crippen molar-refractivity contribution in [2.75, 3.05) is 14.2 Å². The van der Waals surface area contributed by atoms with Crippen LogP contribution in [-0.2, 0) is 39.9 Å². The van der Waals surface area contributed by atoms with Gasteiger partial charge >= 0.3 is 11.9 Å². The van der Waals surface area contributed by atoms with Gasteiger partial charge in [0.1, 0.15) is 17.9 Å². The van der Waals surface area contributed by atoms with E-state index in [9.17, 15) is 28.4 Å². The molecule has 1 rings (SSSR count). The van der Waals surface area contributed by atoms with E-state index in [2.05, 4.69) is 20.1 Å². The summed E-state index contributed by atoms with van der Waals surface area (Å²) in [5.41, 5.74) is 5.80. The molecule has 170 valence electrons. The van der Waals surface area contributed by atoms with Gasteiger partial charge in [0, 0.05) is 19.3 Å². The van der Waals surface area contributed by atoms with Crippen LogP contribution < -0.4 is 16.4 Å². The van der Waals surface area contributed by atoms with Crippen LogP contribution in [0.1, 0.15) is 19.4 Å². The van der Waals surface area contributed by atoms with E-state index in [0.29, 0.717) is 5.56 Å². The molecule has 1 aromatic carbocycles. The second kappa shape index (κ2) is 11.6. The number of hydrogen-bond acceptors (Lipinski definition) is 7. The summed E-state index contributed by atoms with van der Waals surface area (Å²) in [6, 6.07) is 2.77. The van der Waals surface area contributed by atoms with E-state index < -0.39 is 59.4 Å². The molecule has 3 atom stereocenters. The zero-order valence-electron chi connectivity index (χ0n) is 17.6. The largest absolute Gasteiger partial charge is 0.468 e. The molecule has 0 radical (unpaired) electrons. The van der Waals surface area contributed by atoms with E-state index >= 15 is 0 Å². The lowest BCUT2D eigenvalue weighted by Crippen LogP contribution is -2.57. The summed E-state index contributed by atoms with van der Waals surface area (Å²) in [5, 5.41) is 4.78. The smallest absolute Gasteiger partial charge is 0.320 e. The van der Waals surface area contributed by atoms with Gasteiger partial charge in [-0.3, -0.25) is 24.0 Å². The number of carbonyl (C=O) groups excluding carboxylic acids is 5. The molecule has 1 aromatic rings. The Balaban J connectivity index is 3.14. The highest BCUT2D eigenvalue weighted by Gasteiger charge is 2.41.